The van der Waals surface area contributed by atoms with Crippen molar-refractivity contribution in [2.45, 2.75) is 13.8 Å². The van der Waals surface area contributed by atoms with Gasteiger partial charge in [-0.25, -0.2) is 4.39 Å². The van der Waals surface area contributed by atoms with E-state index in [0.717, 1.165) is 16.8 Å². The second kappa shape index (κ2) is 3.93. The van der Waals surface area contributed by atoms with E-state index >= 15 is 0 Å². The molecule has 0 aliphatic rings. The van der Waals surface area contributed by atoms with Gasteiger partial charge < -0.3 is 0 Å². The Morgan fingerprint density at radius 2 is 1.75 bits per heavy atom. The Labute approximate surface area is 93.0 Å². The van der Waals surface area contributed by atoms with Crippen molar-refractivity contribution >= 4 is 0 Å². The predicted octanol–water partition coefficient (Wildman–Crippen LogP) is 2.59. The molecule has 3 heteroatoms. The molecule has 0 unspecified atom stereocenters. The molecule has 0 bridgehead atoms. The third kappa shape index (κ3) is 1.76. The van der Waals surface area contributed by atoms with Crippen LogP contribution >= 0.6 is 0 Å². The summed E-state index contributed by atoms with van der Waals surface area (Å²) in [5.74, 6) is -0.275. The number of benzene rings is 1. The zero-order valence-corrected chi connectivity index (χ0v) is 9.20. The molecule has 0 aliphatic carbocycles. The Hall–Kier alpha value is -1.90. The van der Waals surface area contributed by atoms with Crippen LogP contribution in [-0.4, -0.2) is 4.57 Å². The smallest absolute Gasteiger partial charge is 0.255 e. The van der Waals surface area contributed by atoms with Crippen LogP contribution in [0.2, 0.25) is 0 Å². The molecule has 0 spiro atoms. The molecule has 2 nitrogen and oxygen atoms in total. The molecule has 0 atom stereocenters. The third-order valence-corrected chi connectivity index (χ3v) is 2.52. The fraction of sp³-hybridized carbons (Fsp3) is 0.154. The van der Waals surface area contributed by atoms with Crippen molar-refractivity contribution in [3.8, 4) is 5.69 Å². The molecule has 2 rings (SSSR count). The zero-order valence-electron chi connectivity index (χ0n) is 9.20. The molecule has 1 aromatic heterocycles. The molecule has 0 amide bonds. The minimum absolute atomic E-state index is 0.111. The van der Waals surface area contributed by atoms with Crippen LogP contribution in [0.1, 0.15) is 11.1 Å². The van der Waals surface area contributed by atoms with Crippen LogP contribution in [-0.2, 0) is 0 Å². The van der Waals surface area contributed by atoms with E-state index in [1.807, 2.05) is 0 Å². The van der Waals surface area contributed by atoms with E-state index in [0.29, 0.717) is 0 Å². The summed E-state index contributed by atoms with van der Waals surface area (Å²) in [6, 6.07) is 7.82. The molecule has 2 aromatic rings. The molecule has 1 aromatic carbocycles. The van der Waals surface area contributed by atoms with Crippen molar-refractivity contribution in [1.82, 2.24) is 4.57 Å². The van der Waals surface area contributed by atoms with Crippen LogP contribution in [0, 0.1) is 19.7 Å². The summed E-state index contributed by atoms with van der Waals surface area (Å²) in [6.07, 6.45) is 1.69. The van der Waals surface area contributed by atoms with E-state index in [2.05, 4.69) is 0 Å². The highest BCUT2D eigenvalue weighted by atomic mass is 19.1. The number of halogens is 1. The lowest BCUT2D eigenvalue weighted by molar-refractivity contribution is 0.624. The van der Waals surface area contributed by atoms with Gasteiger partial charge in [0.1, 0.15) is 5.82 Å². The second-order valence-electron chi connectivity index (χ2n) is 3.80. The molecule has 0 aliphatic heterocycles. The summed E-state index contributed by atoms with van der Waals surface area (Å²) >= 11 is 0. The van der Waals surface area contributed by atoms with Gasteiger partial charge >= 0.3 is 0 Å². The Bertz CT molecular complexity index is 563. The predicted molar refractivity (Wildman–Crippen MR) is 61.5 cm³/mol. The fourth-order valence-electron chi connectivity index (χ4n) is 1.90. The van der Waals surface area contributed by atoms with Crippen LogP contribution in [0.4, 0.5) is 4.39 Å². The van der Waals surface area contributed by atoms with E-state index in [9.17, 15) is 9.18 Å². The number of aryl methyl sites for hydroxylation is 2. The molecule has 0 radical (unpaired) electrons. The van der Waals surface area contributed by atoms with Gasteiger partial charge in [0.25, 0.3) is 5.56 Å². The first-order chi connectivity index (χ1) is 7.59. The van der Waals surface area contributed by atoms with Crippen LogP contribution < -0.4 is 5.56 Å². The Kier molecular flexibility index (Phi) is 2.60. The Morgan fingerprint density at radius 1 is 1.12 bits per heavy atom. The lowest BCUT2D eigenvalue weighted by atomic mass is 10.1. The van der Waals surface area contributed by atoms with Gasteiger partial charge in [0.05, 0.1) is 5.69 Å². The number of hydrogen-bond acceptors (Lipinski definition) is 1. The van der Waals surface area contributed by atoms with Gasteiger partial charge in [0.2, 0.25) is 0 Å². The molecule has 0 N–H and O–H groups in total. The van der Waals surface area contributed by atoms with Gasteiger partial charge in [0.15, 0.2) is 0 Å². The number of hydrogen-bond donors (Lipinski definition) is 0. The minimum Gasteiger partial charge on any atom is -0.284 e. The average Bonchev–Trinajstić information content (AvgIpc) is 2.19. The lowest BCUT2D eigenvalue weighted by Gasteiger charge is -2.12. The van der Waals surface area contributed by atoms with E-state index in [1.165, 1.54) is 22.8 Å². The molecule has 0 fully saturated rings. The monoisotopic (exact) mass is 217 g/mol. The van der Waals surface area contributed by atoms with Gasteiger partial charge in [-0.3, -0.25) is 9.36 Å². The summed E-state index contributed by atoms with van der Waals surface area (Å²) in [4.78, 5) is 11.7. The lowest BCUT2D eigenvalue weighted by Crippen LogP contribution is -2.17. The minimum atomic E-state index is -0.275. The molecule has 0 saturated heterocycles. The molecule has 1 heterocycles. The summed E-state index contributed by atoms with van der Waals surface area (Å²) in [7, 11) is 0. The summed E-state index contributed by atoms with van der Waals surface area (Å²) < 4.78 is 14.7. The van der Waals surface area contributed by atoms with E-state index in [1.54, 1.807) is 32.2 Å². The first-order valence-corrected chi connectivity index (χ1v) is 5.04. The van der Waals surface area contributed by atoms with Crippen LogP contribution in [0.15, 0.2) is 41.3 Å². The number of nitrogens with zero attached hydrogens (tertiary/aromatic N) is 1. The zero-order chi connectivity index (χ0) is 11.7. The van der Waals surface area contributed by atoms with E-state index < -0.39 is 0 Å². The molecular formula is C13H12FNO. The van der Waals surface area contributed by atoms with Gasteiger partial charge in [-0.15, -0.1) is 0 Å². The van der Waals surface area contributed by atoms with Gasteiger partial charge in [-0.05, 0) is 43.2 Å². The Morgan fingerprint density at radius 3 is 2.31 bits per heavy atom. The quantitative estimate of drug-likeness (QED) is 0.719. The van der Waals surface area contributed by atoms with Crippen LogP contribution in [0.5, 0.6) is 0 Å². The van der Waals surface area contributed by atoms with Crippen molar-refractivity contribution in [2.24, 2.45) is 0 Å². The highest BCUT2D eigenvalue weighted by Gasteiger charge is 2.07. The highest BCUT2D eigenvalue weighted by molar-refractivity contribution is 5.47. The third-order valence-electron chi connectivity index (χ3n) is 2.52. The fourth-order valence-corrected chi connectivity index (χ4v) is 1.90. The van der Waals surface area contributed by atoms with Crippen molar-refractivity contribution in [2.75, 3.05) is 0 Å². The van der Waals surface area contributed by atoms with Crippen LogP contribution in [0.25, 0.3) is 5.69 Å². The number of pyridine rings is 1. The van der Waals surface area contributed by atoms with Crippen molar-refractivity contribution < 1.29 is 4.39 Å². The first-order valence-electron chi connectivity index (χ1n) is 5.04. The van der Waals surface area contributed by atoms with Crippen LogP contribution in [0.3, 0.4) is 0 Å². The maximum absolute atomic E-state index is 13.1. The number of aromatic nitrogens is 1. The summed E-state index contributed by atoms with van der Waals surface area (Å²) in [5, 5.41) is 0. The van der Waals surface area contributed by atoms with Gasteiger partial charge in [-0.1, -0.05) is 6.07 Å². The van der Waals surface area contributed by atoms with Crippen molar-refractivity contribution in [1.29, 1.82) is 0 Å². The largest absolute Gasteiger partial charge is 0.284 e. The highest BCUT2D eigenvalue weighted by Crippen LogP contribution is 2.18. The summed E-state index contributed by atoms with van der Waals surface area (Å²) in [6.45, 7) is 3.59. The average molecular weight is 217 g/mol. The van der Waals surface area contributed by atoms with E-state index in [-0.39, 0.29) is 11.4 Å². The van der Waals surface area contributed by atoms with Crippen molar-refractivity contribution in [3.63, 3.8) is 0 Å². The van der Waals surface area contributed by atoms with Crippen molar-refractivity contribution in [3.05, 3.63) is 63.8 Å². The van der Waals surface area contributed by atoms with Gasteiger partial charge in [-0.2, -0.15) is 0 Å². The standard InChI is InChI=1S/C13H12FNO/c1-9-7-11(14)8-10(2)13(9)15-6-4-3-5-12(15)16/h3-8H,1-2H3. The first kappa shape index (κ1) is 10.6. The molecule has 0 saturated carbocycles. The Balaban J connectivity index is 2.75. The molecule has 82 valence electrons. The van der Waals surface area contributed by atoms with Gasteiger partial charge in [0, 0.05) is 12.3 Å². The summed E-state index contributed by atoms with van der Waals surface area (Å²) in [5.41, 5.74) is 2.16. The molecular weight excluding hydrogens is 205 g/mol. The maximum atomic E-state index is 13.1. The molecule has 16 heavy (non-hydrogen) atoms. The SMILES string of the molecule is Cc1cc(F)cc(C)c1-n1ccccc1=O. The maximum Gasteiger partial charge on any atom is 0.255 e. The van der Waals surface area contributed by atoms with E-state index in [4.69, 9.17) is 0 Å². The number of rotatable bonds is 1. The second-order valence-corrected chi connectivity index (χ2v) is 3.80. The normalized spacial score (nSPS) is 10.4. The topological polar surface area (TPSA) is 22.0 Å².